The van der Waals surface area contributed by atoms with E-state index in [1.165, 1.54) is 0 Å². The molecule has 0 spiro atoms. The van der Waals surface area contributed by atoms with E-state index in [-0.39, 0.29) is 6.61 Å². The number of aliphatic hydroxyl groups is 1. The summed E-state index contributed by atoms with van der Waals surface area (Å²) in [5, 5.41) is 9.80. The molecule has 0 saturated heterocycles. The lowest BCUT2D eigenvalue weighted by Gasteiger charge is -1.93. The predicted molar refractivity (Wildman–Crippen MR) is 46.5 cm³/mol. The Kier molecular flexibility index (Phi) is 1.52. The van der Waals surface area contributed by atoms with Gasteiger partial charge in [-0.15, -0.1) is 0 Å². The average molecular weight is 163 g/mol. The van der Waals surface area contributed by atoms with Crippen molar-refractivity contribution in [1.29, 1.82) is 0 Å². The van der Waals surface area contributed by atoms with Gasteiger partial charge in [0.15, 0.2) is 0 Å². The number of nitrogens with two attached hydrogens (primary N) is 1. The van der Waals surface area contributed by atoms with E-state index in [4.69, 9.17) is 15.3 Å². The maximum atomic E-state index is 8.91. The number of rotatable bonds is 1. The summed E-state index contributed by atoms with van der Waals surface area (Å²) in [5.41, 5.74) is 7.80. The molecule has 2 rings (SSSR count). The number of aliphatic hydroxyl groups excluding tert-OH is 1. The molecule has 0 amide bonds. The molecule has 1 heterocycles. The van der Waals surface area contributed by atoms with Crippen LogP contribution >= 0.6 is 0 Å². The zero-order valence-corrected chi connectivity index (χ0v) is 6.45. The van der Waals surface area contributed by atoms with Crippen LogP contribution in [0.25, 0.3) is 11.0 Å². The fraction of sp³-hybridized carbons (Fsp3) is 0.111. The molecular formula is C9H9NO2. The Bertz CT molecular complexity index is 406. The van der Waals surface area contributed by atoms with Gasteiger partial charge in [-0.2, -0.15) is 0 Å². The quantitative estimate of drug-likeness (QED) is 0.626. The summed E-state index contributed by atoms with van der Waals surface area (Å²) in [6.45, 7) is -0.0174. The normalized spacial score (nSPS) is 10.8. The van der Waals surface area contributed by atoms with Gasteiger partial charge in [-0.25, -0.2) is 0 Å². The van der Waals surface area contributed by atoms with Gasteiger partial charge in [0.1, 0.15) is 5.58 Å². The first kappa shape index (κ1) is 7.18. The van der Waals surface area contributed by atoms with Crippen molar-refractivity contribution in [2.45, 2.75) is 6.61 Å². The Morgan fingerprint density at radius 3 is 3.00 bits per heavy atom. The minimum Gasteiger partial charge on any atom is -0.464 e. The van der Waals surface area contributed by atoms with Crippen LogP contribution in [-0.2, 0) is 6.61 Å². The van der Waals surface area contributed by atoms with E-state index >= 15 is 0 Å². The topological polar surface area (TPSA) is 59.4 Å². The van der Waals surface area contributed by atoms with Gasteiger partial charge in [0.05, 0.1) is 12.9 Å². The molecule has 3 N–H and O–H groups in total. The van der Waals surface area contributed by atoms with E-state index in [0.29, 0.717) is 5.69 Å². The highest BCUT2D eigenvalue weighted by Gasteiger charge is 2.03. The molecule has 0 aliphatic carbocycles. The van der Waals surface area contributed by atoms with Crippen LogP contribution in [0.2, 0.25) is 0 Å². The van der Waals surface area contributed by atoms with E-state index in [1.54, 1.807) is 24.5 Å². The molecule has 0 unspecified atom stereocenters. The van der Waals surface area contributed by atoms with Gasteiger partial charge in [-0.3, -0.25) is 0 Å². The first-order chi connectivity index (χ1) is 5.81. The molecular weight excluding hydrogens is 154 g/mol. The highest BCUT2D eigenvalue weighted by atomic mass is 16.3. The van der Waals surface area contributed by atoms with Crippen LogP contribution in [0.3, 0.4) is 0 Å². The number of hydrogen-bond donors (Lipinski definition) is 2. The molecule has 62 valence electrons. The van der Waals surface area contributed by atoms with Gasteiger partial charge in [0.2, 0.25) is 0 Å². The maximum Gasteiger partial charge on any atom is 0.134 e. The molecule has 0 fully saturated rings. The minimum absolute atomic E-state index is 0.0174. The van der Waals surface area contributed by atoms with Crippen molar-refractivity contribution in [2.75, 3.05) is 5.73 Å². The van der Waals surface area contributed by atoms with E-state index in [0.717, 1.165) is 16.5 Å². The van der Waals surface area contributed by atoms with Crippen molar-refractivity contribution in [3.8, 4) is 0 Å². The predicted octanol–water partition coefficient (Wildman–Crippen LogP) is 1.51. The standard InChI is InChI=1S/C9H9NO2/c10-7-1-2-9-8(3-7)6(4-11)5-12-9/h1-3,5,11H,4,10H2. The smallest absolute Gasteiger partial charge is 0.134 e. The van der Waals surface area contributed by atoms with Crippen molar-refractivity contribution in [3.63, 3.8) is 0 Å². The molecule has 12 heavy (non-hydrogen) atoms. The molecule has 0 radical (unpaired) electrons. The second kappa shape index (κ2) is 2.53. The van der Waals surface area contributed by atoms with Gasteiger partial charge in [0, 0.05) is 16.6 Å². The van der Waals surface area contributed by atoms with Crippen molar-refractivity contribution in [1.82, 2.24) is 0 Å². The molecule has 0 atom stereocenters. The SMILES string of the molecule is Nc1ccc2occ(CO)c2c1. The molecule has 1 aromatic carbocycles. The van der Waals surface area contributed by atoms with E-state index in [9.17, 15) is 0 Å². The van der Waals surface area contributed by atoms with Gasteiger partial charge in [-0.05, 0) is 18.2 Å². The zero-order valence-electron chi connectivity index (χ0n) is 6.45. The van der Waals surface area contributed by atoms with Crippen LogP contribution in [0.5, 0.6) is 0 Å². The molecule has 3 heteroatoms. The van der Waals surface area contributed by atoms with Crippen LogP contribution in [0.4, 0.5) is 5.69 Å². The maximum absolute atomic E-state index is 8.91. The lowest BCUT2D eigenvalue weighted by molar-refractivity contribution is 0.282. The number of fused-ring (bicyclic) bond motifs is 1. The van der Waals surface area contributed by atoms with Gasteiger partial charge in [-0.1, -0.05) is 0 Å². The van der Waals surface area contributed by atoms with Crippen molar-refractivity contribution < 1.29 is 9.52 Å². The highest BCUT2D eigenvalue weighted by molar-refractivity contribution is 5.83. The molecule has 3 nitrogen and oxygen atoms in total. The Labute approximate surface area is 69.4 Å². The lowest BCUT2D eigenvalue weighted by atomic mass is 10.2. The van der Waals surface area contributed by atoms with Crippen molar-refractivity contribution in [3.05, 3.63) is 30.0 Å². The fourth-order valence-electron chi connectivity index (χ4n) is 1.22. The summed E-state index contributed by atoms with van der Waals surface area (Å²) in [6.07, 6.45) is 1.55. The summed E-state index contributed by atoms with van der Waals surface area (Å²) in [5.74, 6) is 0. The van der Waals surface area contributed by atoms with Crippen LogP contribution in [0.15, 0.2) is 28.9 Å². The van der Waals surface area contributed by atoms with Gasteiger partial charge < -0.3 is 15.3 Å². The summed E-state index contributed by atoms with van der Waals surface area (Å²) in [7, 11) is 0. The van der Waals surface area contributed by atoms with Crippen LogP contribution in [-0.4, -0.2) is 5.11 Å². The van der Waals surface area contributed by atoms with Crippen LogP contribution in [0, 0.1) is 0 Å². The average Bonchev–Trinajstić information content (AvgIpc) is 2.46. The Balaban J connectivity index is 2.75. The Morgan fingerprint density at radius 1 is 1.42 bits per heavy atom. The van der Waals surface area contributed by atoms with E-state index < -0.39 is 0 Å². The van der Waals surface area contributed by atoms with Crippen molar-refractivity contribution >= 4 is 16.7 Å². The van der Waals surface area contributed by atoms with E-state index in [1.807, 2.05) is 0 Å². The molecule has 0 saturated carbocycles. The van der Waals surface area contributed by atoms with Crippen molar-refractivity contribution in [2.24, 2.45) is 0 Å². The zero-order chi connectivity index (χ0) is 8.55. The Hall–Kier alpha value is -1.48. The molecule has 0 aliphatic heterocycles. The Morgan fingerprint density at radius 2 is 2.25 bits per heavy atom. The lowest BCUT2D eigenvalue weighted by Crippen LogP contribution is -1.84. The molecule has 0 aliphatic rings. The summed E-state index contributed by atoms with van der Waals surface area (Å²) < 4.78 is 5.18. The largest absolute Gasteiger partial charge is 0.464 e. The molecule has 1 aromatic heterocycles. The number of furan rings is 1. The minimum atomic E-state index is -0.0174. The van der Waals surface area contributed by atoms with Gasteiger partial charge >= 0.3 is 0 Å². The first-order valence-electron chi connectivity index (χ1n) is 3.67. The number of hydrogen-bond acceptors (Lipinski definition) is 3. The number of anilines is 1. The summed E-state index contributed by atoms with van der Waals surface area (Å²) >= 11 is 0. The first-order valence-corrected chi connectivity index (χ1v) is 3.67. The molecule has 0 bridgehead atoms. The third kappa shape index (κ3) is 0.950. The van der Waals surface area contributed by atoms with Gasteiger partial charge in [0.25, 0.3) is 0 Å². The monoisotopic (exact) mass is 163 g/mol. The second-order valence-corrected chi connectivity index (χ2v) is 2.67. The third-order valence-corrected chi connectivity index (χ3v) is 1.85. The second-order valence-electron chi connectivity index (χ2n) is 2.67. The molecule has 2 aromatic rings. The fourth-order valence-corrected chi connectivity index (χ4v) is 1.22. The van der Waals surface area contributed by atoms with Crippen LogP contribution in [0.1, 0.15) is 5.56 Å². The number of benzene rings is 1. The van der Waals surface area contributed by atoms with E-state index in [2.05, 4.69) is 0 Å². The number of nitrogen functional groups attached to an aromatic ring is 1. The summed E-state index contributed by atoms with van der Waals surface area (Å²) in [4.78, 5) is 0. The summed E-state index contributed by atoms with van der Waals surface area (Å²) in [6, 6.07) is 5.36. The highest BCUT2D eigenvalue weighted by Crippen LogP contribution is 2.23. The van der Waals surface area contributed by atoms with Crippen LogP contribution < -0.4 is 5.73 Å². The third-order valence-electron chi connectivity index (χ3n) is 1.85.